The summed E-state index contributed by atoms with van der Waals surface area (Å²) >= 11 is 0. The summed E-state index contributed by atoms with van der Waals surface area (Å²) in [5, 5.41) is 0. The Morgan fingerprint density at radius 3 is 2.52 bits per heavy atom. The van der Waals surface area contributed by atoms with Gasteiger partial charge in [-0.1, -0.05) is 20.8 Å². The van der Waals surface area contributed by atoms with Gasteiger partial charge < -0.3 is 4.84 Å². The molecule has 0 bridgehead atoms. The minimum absolute atomic E-state index is 0.236. The molecule has 0 aromatic carbocycles. The predicted octanol–water partition coefficient (Wildman–Crippen LogP) is 4.25. The number of hydrogen-bond donors (Lipinski definition) is 1. The molecule has 130 valence electrons. The topological polar surface area (TPSA) is 52.3 Å². The predicted molar refractivity (Wildman–Crippen MR) is 90.4 cm³/mol. The molecule has 3 nitrogen and oxygen atoms in total. The summed E-state index contributed by atoms with van der Waals surface area (Å²) in [5.74, 6) is 8.51. The van der Waals surface area contributed by atoms with Gasteiger partial charge in [-0.05, 0) is 78.9 Å². The maximum Gasteiger partial charge on any atom is 0.133 e. The van der Waals surface area contributed by atoms with Crippen molar-refractivity contribution in [3.8, 4) is 0 Å². The van der Waals surface area contributed by atoms with Crippen LogP contribution in [0.2, 0.25) is 0 Å². The number of Topliss-reactive ketones (excluding diaryl/α,β-unsaturated/α-hetero) is 1. The number of hydrogen-bond acceptors (Lipinski definition) is 3. The van der Waals surface area contributed by atoms with E-state index in [1.165, 1.54) is 32.1 Å². The first kappa shape index (κ1) is 16.1. The molecular weight excluding hydrogens is 286 g/mol. The van der Waals surface area contributed by atoms with Crippen LogP contribution in [-0.2, 0) is 9.63 Å². The highest BCUT2D eigenvalue weighted by atomic mass is 16.6. The maximum absolute atomic E-state index is 12.1. The first-order valence-electron chi connectivity index (χ1n) is 9.71. The molecule has 7 atom stereocenters. The molecule has 0 heterocycles. The van der Waals surface area contributed by atoms with Crippen molar-refractivity contribution in [2.45, 2.75) is 84.7 Å². The van der Waals surface area contributed by atoms with Crippen molar-refractivity contribution in [1.82, 2.24) is 0 Å². The van der Waals surface area contributed by atoms with E-state index >= 15 is 0 Å². The molecule has 0 amide bonds. The van der Waals surface area contributed by atoms with Crippen LogP contribution in [0.25, 0.3) is 0 Å². The van der Waals surface area contributed by atoms with Gasteiger partial charge in [0, 0.05) is 12.8 Å². The molecule has 0 aromatic heterocycles. The molecule has 6 unspecified atom stereocenters. The van der Waals surface area contributed by atoms with Crippen LogP contribution in [0.1, 0.15) is 78.6 Å². The first-order chi connectivity index (χ1) is 10.8. The fraction of sp³-hybridized carbons (Fsp3) is 0.950. The Morgan fingerprint density at radius 1 is 1.00 bits per heavy atom. The second-order valence-electron chi connectivity index (χ2n) is 9.86. The number of rotatable bonds is 1. The molecule has 0 aliphatic heterocycles. The zero-order valence-corrected chi connectivity index (χ0v) is 15.1. The number of nitrogens with two attached hydrogens (primary N) is 1. The van der Waals surface area contributed by atoms with Gasteiger partial charge in [0.25, 0.3) is 0 Å². The summed E-state index contributed by atoms with van der Waals surface area (Å²) in [4.78, 5) is 17.5. The second kappa shape index (κ2) is 5.05. The molecule has 3 heteroatoms. The van der Waals surface area contributed by atoms with Crippen molar-refractivity contribution < 1.29 is 9.63 Å². The Bertz CT molecular complexity index is 520. The highest BCUT2D eigenvalue weighted by Gasteiger charge is 2.63. The summed E-state index contributed by atoms with van der Waals surface area (Å²) in [7, 11) is 0. The van der Waals surface area contributed by atoms with Crippen LogP contribution >= 0.6 is 0 Å². The highest BCUT2D eigenvalue weighted by Crippen LogP contribution is 2.69. The van der Waals surface area contributed by atoms with E-state index in [2.05, 4.69) is 20.8 Å². The lowest BCUT2D eigenvalue weighted by Gasteiger charge is -2.64. The average Bonchev–Trinajstić information content (AvgIpc) is 2.85. The smallest absolute Gasteiger partial charge is 0.133 e. The van der Waals surface area contributed by atoms with Gasteiger partial charge in [0.1, 0.15) is 5.78 Å². The van der Waals surface area contributed by atoms with Crippen molar-refractivity contribution >= 4 is 5.78 Å². The fourth-order valence-electron chi connectivity index (χ4n) is 7.58. The van der Waals surface area contributed by atoms with E-state index < -0.39 is 0 Å². The SMILES string of the molecule is CC12CCC3C(CC[C@@]4(C)CC(=O)CCC34C)C1CCC2ON. The van der Waals surface area contributed by atoms with E-state index in [4.69, 9.17) is 10.7 Å². The van der Waals surface area contributed by atoms with Crippen molar-refractivity contribution in [1.29, 1.82) is 0 Å². The molecule has 0 spiro atoms. The molecule has 4 aliphatic carbocycles. The zero-order chi connectivity index (χ0) is 16.5. The van der Waals surface area contributed by atoms with Gasteiger partial charge in [-0.3, -0.25) is 4.79 Å². The highest BCUT2D eigenvalue weighted by molar-refractivity contribution is 5.80. The molecule has 2 N–H and O–H groups in total. The van der Waals surface area contributed by atoms with Gasteiger partial charge in [0.05, 0.1) is 6.10 Å². The molecule has 4 rings (SSSR count). The van der Waals surface area contributed by atoms with Gasteiger partial charge in [0.15, 0.2) is 0 Å². The van der Waals surface area contributed by atoms with Crippen LogP contribution in [0.3, 0.4) is 0 Å². The number of carbonyl (C=O) groups is 1. The van der Waals surface area contributed by atoms with Crippen LogP contribution in [0.15, 0.2) is 0 Å². The van der Waals surface area contributed by atoms with E-state index in [9.17, 15) is 4.79 Å². The molecular formula is C20H33NO2. The maximum atomic E-state index is 12.1. The lowest BCUT2D eigenvalue weighted by Crippen LogP contribution is -2.58. The number of ketones is 1. The van der Waals surface area contributed by atoms with Gasteiger partial charge in [-0.15, -0.1) is 0 Å². The van der Waals surface area contributed by atoms with Gasteiger partial charge in [-0.25, -0.2) is 5.90 Å². The van der Waals surface area contributed by atoms with E-state index in [0.29, 0.717) is 11.2 Å². The van der Waals surface area contributed by atoms with Crippen molar-refractivity contribution in [3.05, 3.63) is 0 Å². The second-order valence-corrected chi connectivity index (χ2v) is 9.86. The summed E-state index contributed by atoms with van der Waals surface area (Å²) in [6, 6.07) is 0. The van der Waals surface area contributed by atoms with Crippen molar-refractivity contribution in [3.63, 3.8) is 0 Å². The van der Waals surface area contributed by atoms with E-state index in [0.717, 1.165) is 43.4 Å². The molecule has 0 saturated heterocycles. The van der Waals surface area contributed by atoms with Gasteiger partial charge >= 0.3 is 0 Å². The third kappa shape index (κ3) is 1.99. The minimum Gasteiger partial charge on any atom is -0.301 e. The van der Waals surface area contributed by atoms with Gasteiger partial charge in [-0.2, -0.15) is 0 Å². The number of fused-ring (bicyclic) bond motifs is 5. The molecule has 4 fully saturated rings. The Hall–Kier alpha value is -0.410. The van der Waals surface area contributed by atoms with Gasteiger partial charge in [0.2, 0.25) is 0 Å². The van der Waals surface area contributed by atoms with Crippen LogP contribution in [0.5, 0.6) is 0 Å². The summed E-state index contributed by atoms with van der Waals surface area (Å²) < 4.78 is 0. The molecule has 0 radical (unpaired) electrons. The largest absolute Gasteiger partial charge is 0.301 e. The quantitative estimate of drug-likeness (QED) is 0.735. The Labute approximate surface area is 140 Å². The first-order valence-corrected chi connectivity index (χ1v) is 9.71. The molecule has 0 aromatic rings. The van der Waals surface area contributed by atoms with Crippen LogP contribution in [0.4, 0.5) is 0 Å². The average molecular weight is 319 g/mol. The number of carbonyl (C=O) groups excluding carboxylic acids is 1. The monoisotopic (exact) mass is 319 g/mol. The molecule has 4 aliphatic rings. The summed E-state index contributed by atoms with van der Waals surface area (Å²) in [6.07, 6.45) is 10.5. The molecule has 4 saturated carbocycles. The van der Waals surface area contributed by atoms with Crippen LogP contribution < -0.4 is 5.90 Å². The minimum atomic E-state index is 0.236. The zero-order valence-electron chi connectivity index (χ0n) is 15.1. The van der Waals surface area contributed by atoms with Crippen LogP contribution in [-0.4, -0.2) is 11.9 Å². The van der Waals surface area contributed by atoms with Crippen molar-refractivity contribution in [2.75, 3.05) is 0 Å². The third-order valence-electron chi connectivity index (χ3n) is 9.25. The van der Waals surface area contributed by atoms with Crippen molar-refractivity contribution in [2.24, 2.45) is 39.9 Å². The van der Waals surface area contributed by atoms with E-state index in [-0.39, 0.29) is 16.9 Å². The van der Waals surface area contributed by atoms with E-state index in [1.807, 2.05) is 0 Å². The Kier molecular flexibility index (Phi) is 3.53. The molecule has 23 heavy (non-hydrogen) atoms. The fourth-order valence-corrected chi connectivity index (χ4v) is 7.58. The normalized spacial score (nSPS) is 55.9. The Morgan fingerprint density at radius 2 is 1.78 bits per heavy atom. The summed E-state index contributed by atoms with van der Waals surface area (Å²) in [6.45, 7) is 7.36. The third-order valence-corrected chi connectivity index (χ3v) is 9.25. The summed E-state index contributed by atoms with van der Waals surface area (Å²) in [5.41, 5.74) is 0.872. The standard InChI is InChI=1S/C20H33NO2/c1-18-9-7-14-15-4-5-17(23-21)19(15,2)10-8-16(14)20(18,3)11-6-13(22)12-18/h14-17H,4-12,21H2,1-3H3/t14?,15?,16?,17?,18-,19?,20?/m0/s1. The van der Waals surface area contributed by atoms with E-state index in [1.54, 1.807) is 0 Å². The van der Waals surface area contributed by atoms with Crippen LogP contribution in [0, 0.1) is 34.0 Å². The lowest BCUT2D eigenvalue weighted by atomic mass is 9.40. The lowest BCUT2D eigenvalue weighted by molar-refractivity contribution is -0.169. The Balaban J connectivity index is 1.66.